The molecule has 2 N–H and O–H groups in total. The van der Waals surface area contributed by atoms with Crippen LogP contribution < -0.4 is 10.6 Å². The lowest BCUT2D eigenvalue weighted by Crippen LogP contribution is -2.29. The highest BCUT2D eigenvalue weighted by Gasteiger charge is 2.12. The number of carbonyl (C=O) groups excluding carboxylic acids is 1. The van der Waals surface area contributed by atoms with Gasteiger partial charge in [0, 0.05) is 36.6 Å². The second kappa shape index (κ2) is 7.78. The van der Waals surface area contributed by atoms with E-state index < -0.39 is 4.92 Å². The summed E-state index contributed by atoms with van der Waals surface area (Å²) in [6, 6.07) is 4.17. The summed E-state index contributed by atoms with van der Waals surface area (Å²) in [7, 11) is 1.92. The van der Waals surface area contributed by atoms with Gasteiger partial charge in [0.25, 0.3) is 5.69 Å². The Morgan fingerprint density at radius 2 is 2.04 bits per heavy atom. The minimum Gasteiger partial charge on any atom is -0.338 e. The molecule has 2 rings (SSSR count). The zero-order valence-corrected chi connectivity index (χ0v) is 14.9. The van der Waals surface area contributed by atoms with E-state index in [0.717, 1.165) is 24.2 Å². The largest absolute Gasteiger partial charge is 0.338 e. The van der Waals surface area contributed by atoms with Crippen LogP contribution in [0, 0.1) is 30.9 Å². The molecule has 1 aromatic carbocycles. The van der Waals surface area contributed by atoms with Crippen LogP contribution in [0.25, 0.3) is 0 Å². The second-order valence-corrected chi connectivity index (χ2v) is 6.02. The van der Waals surface area contributed by atoms with E-state index >= 15 is 0 Å². The van der Waals surface area contributed by atoms with Gasteiger partial charge in [-0.15, -0.1) is 0 Å². The first kappa shape index (κ1) is 18.4. The van der Waals surface area contributed by atoms with Crippen LogP contribution >= 0.6 is 0 Å². The van der Waals surface area contributed by atoms with Crippen molar-refractivity contribution in [3.05, 3.63) is 50.8 Å². The van der Waals surface area contributed by atoms with E-state index in [1.54, 1.807) is 13.0 Å². The van der Waals surface area contributed by atoms with E-state index in [4.69, 9.17) is 0 Å². The standard InChI is InChI=1S/C17H23N5O3/c1-11-10-14(7-8-16(11)22(24)25)19-17(23)18-9-5-6-15-12(2)20-21(4)13(15)3/h7-8,10H,5-6,9H2,1-4H3,(H2,18,19,23). The third-order valence-corrected chi connectivity index (χ3v) is 4.20. The minimum atomic E-state index is -0.443. The SMILES string of the molecule is Cc1cc(NC(=O)NCCCc2c(C)nn(C)c2C)ccc1[N+](=O)[O-]. The normalized spacial score (nSPS) is 10.6. The molecule has 8 nitrogen and oxygen atoms in total. The Hall–Kier alpha value is -2.90. The summed E-state index contributed by atoms with van der Waals surface area (Å²) in [4.78, 5) is 22.3. The van der Waals surface area contributed by atoms with Gasteiger partial charge in [-0.3, -0.25) is 14.8 Å². The van der Waals surface area contributed by atoms with E-state index in [-0.39, 0.29) is 11.7 Å². The first-order chi connectivity index (χ1) is 11.8. The Morgan fingerprint density at radius 1 is 1.32 bits per heavy atom. The molecule has 0 saturated carbocycles. The van der Waals surface area contributed by atoms with Crippen molar-refractivity contribution >= 4 is 17.4 Å². The molecule has 0 atom stereocenters. The molecule has 0 saturated heterocycles. The number of amides is 2. The molecule has 1 heterocycles. The van der Waals surface area contributed by atoms with Crippen molar-refractivity contribution in [2.75, 3.05) is 11.9 Å². The lowest BCUT2D eigenvalue weighted by molar-refractivity contribution is -0.385. The van der Waals surface area contributed by atoms with E-state index in [0.29, 0.717) is 17.8 Å². The van der Waals surface area contributed by atoms with Gasteiger partial charge in [0.15, 0.2) is 0 Å². The number of nitrogens with one attached hydrogen (secondary N) is 2. The number of aryl methyl sites for hydroxylation is 3. The number of nitro groups is 1. The van der Waals surface area contributed by atoms with Crippen molar-refractivity contribution in [1.82, 2.24) is 15.1 Å². The highest BCUT2D eigenvalue weighted by molar-refractivity contribution is 5.89. The average Bonchev–Trinajstić information content (AvgIpc) is 2.77. The smallest absolute Gasteiger partial charge is 0.319 e. The number of aromatic nitrogens is 2. The summed E-state index contributed by atoms with van der Waals surface area (Å²) in [6.45, 7) is 6.19. The van der Waals surface area contributed by atoms with Gasteiger partial charge in [0.05, 0.1) is 10.6 Å². The maximum absolute atomic E-state index is 11.9. The molecule has 8 heteroatoms. The summed E-state index contributed by atoms with van der Waals surface area (Å²) in [6.07, 6.45) is 1.66. The zero-order valence-electron chi connectivity index (χ0n) is 14.9. The predicted octanol–water partition coefficient (Wildman–Crippen LogP) is 3.01. The van der Waals surface area contributed by atoms with Gasteiger partial charge in [-0.1, -0.05) is 0 Å². The number of hydrogen-bond acceptors (Lipinski definition) is 4. The fourth-order valence-electron chi connectivity index (χ4n) is 2.76. The molecule has 0 aliphatic rings. The van der Waals surface area contributed by atoms with Crippen LogP contribution in [-0.4, -0.2) is 27.3 Å². The second-order valence-electron chi connectivity index (χ2n) is 6.02. The molecule has 0 aliphatic heterocycles. The maximum atomic E-state index is 11.9. The van der Waals surface area contributed by atoms with Crippen molar-refractivity contribution in [2.45, 2.75) is 33.6 Å². The van der Waals surface area contributed by atoms with Crippen LogP contribution in [-0.2, 0) is 13.5 Å². The summed E-state index contributed by atoms with van der Waals surface area (Å²) in [5.41, 5.74) is 4.45. The molecule has 2 amide bonds. The number of urea groups is 1. The van der Waals surface area contributed by atoms with Crippen molar-refractivity contribution in [1.29, 1.82) is 0 Å². The zero-order chi connectivity index (χ0) is 18.6. The molecule has 0 aliphatic carbocycles. The van der Waals surface area contributed by atoms with Crippen molar-refractivity contribution in [3.8, 4) is 0 Å². The van der Waals surface area contributed by atoms with Gasteiger partial charge in [-0.2, -0.15) is 5.10 Å². The van der Waals surface area contributed by atoms with Gasteiger partial charge in [-0.25, -0.2) is 4.79 Å². The van der Waals surface area contributed by atoms with Gasteiger partial charge in [0.1, 0.15) is 0 Å². The molecule has 0 radical (unpaired) electrons. The molecule has 0 bridgehead atoms. The van der Waals surface area contributed by atoms with E-state index in [1.807, 2.05) is 25.6 Å². The van der Waals surface area contributed by atoms with Crippen LogP contribution in [0.2, 0.25) is 0 Å². The van der Waals surface area contributed by atoms with Crippen molar-refractivity contribution in [2.24, 2.45) is 7.05 Å². The molecule has 0 spiro atoms. The van der Waals surface area contributed by atoms with Crippen molar-refractivity contribution < 1.29 is 9.72 Å². The van der Waals surface area contributed by atoms with E-state index in [2.05, 4.69) is 15.7 Å². The van der Waals surface area contributed by atoms with Crippen LogP contribution in [0.1, 0.15) is 28.9 Å². The molecule has 1 aromatic heterocycles. The van der Waals surface area contributed by atoms with Gasteiger partial charge < -0.3 is 10.6 Å². The lowest BCUT2D eigenvalue weighted by Gasteiger charge is -2.08. The molecular weight excluding hydrogens is 322 g/mol. The van der Waals surface area contributed by atoms with Gasteiger partial charge in [-0.05, 0) is 51.3 Å². The summed E-state index contributed by atoms with van der Waals surface area (Å²) < 4.78 is 1.86. The number of benzene rings is 1. The Kier molecular flexibility index (Phi) is 5.74. The van der Waals surface area contributed by atoms with Crippen LogP contribution in [0.4, 0.5) is 16.2 Å². The molecule has 0 unspecified atom stereocenters. The van der Waals surface area contributed by atoms with Crippen LogP contribution in [0.15, 0.2) is 18.2 Å². The molecular formula is C17H23N5O3. The third-order valence-electron chi connectivity index (χ3n) is 4.20. The summed E-state index contributed by atoms with van der Waals surface area (Å²) in [5, 5.41) is 20.7. The highest BCUT2D eigenvalue weighted by atomic mass is 16.6. The number of hydrogen-bond donors (Lipinski definition) is 2. The molecule has 25 heavy (non-hydrogen) atoms. The monoisotopic (exact) mass is 345 g/mol. The fraction of sp³-hybridized carbons (Fsp3) is 0.412. The fourth-order valence-corrected chi connectivity index (χ4v) is 2.76. The first-order valence-corrected chi connectivity index (χ1v) is 8.08. The Labute approximate surface area is 146 Å². The van der Waals surface area contributed by atoms with Crippen LogP contribution in [0.5, 0.6) is 0 Å². The average molecular weight is 345 g/mol. The Morgan fingerprint density at radius 3 is 2.60 bits per heavy atom. The van der Waals surface area contributed by atoms with Gasteiger partial charge in [0.2, 0.25) is 0 Å². The molecule has 0 fully saturated rings. The number of carbonyl (C=O) groups is 1. The topological polar surface area (TPSA) is 102 Å². The maximum Gasteiger partial charge on any atom is 0.319 e. The summed E-state index contributed by atoms with van der Waals surface area (Å²) >= 11 is 0. The highest BCUT2D eigenvalue weighted by Crippen LogP contribution is 2.21. The Balaban J connectivity index is 1.81. The number of anilines is 1. The number of nitrogens with zero attached hydrogens (tertiary/aromatic N) is 3. The lowest BCUT2D eigenvalue weighted by atomic mass is 10.1. The molecule has 134 valence electrons. The van der Waals surface area contributed by atoms with Crippen LogP contribution in [0.3, 0.4) is 0 Å². The predicted molar refractivity (Wildman–Crippen MR) is 95.9 cm³/mol. The minimum absolute atomic E-state index is 0.0353. The van der Waals surface area contributed by atoms with E-state index in [1.165, 1.54) is 17.7 Å². The van der Waals surface area contributed by atoms with E-state index in [9.17, 15) is 14.9 Å². The number of rotatable bonds is 6. The third kappa shape index (κ3) is 4.56. The summed E-state index contributed by atoms with van der Waals surface area (Å²) in [5.74, 6) is 0. The van der Waals surface area contributed by atoms with Crippen molar-refractivity contribution in [3.63, 3.8) is 0 Å². The van der Waals surface area contributed by atoms with Gasteiger partial charge >= 0.3 is 6.03 Å². The Bertz CT molecular complexity index is 798. The quantitative estimate of drug-likeness (QED) is 0.477. The molecule has 2 aromatic rings. The number of nitro benzene ring substituents is 1. The first-order valence-electron chi connectivity index (χ1n) is 8.08.